The lowest BCUT2D eigenvalue weighted by Gasteiger charge is -2.36. The number of anilines is 2. The van der Waals surface area contributed by atoms with Gasteiger partial charge in [0.2, 0.25) is 0 Å². The molecule has 6 heteroatoms. The van der Waals surface area contributed by atoms with Gasteiger partial charge in [0.15, 0.2) is 0 Å². The maximum Gasteiger partial charge on any atom is 0.126 e. The molecule has 0 saturated carbocycles. The van der Waals surface area contributed by atoms with E-state index in [1.165, 1.54) is 24.1 Å². The third-order valence-corrected chi connectivity index (χ3v) is 4.70. The van der Waals surface area contributed by atoms with E-state index in [0.717, 1.165) is 31.1 Å². The molecule has 0 radical (unpaired) electrons. The highest BCUT2D eigenvalue weighted by molar-refractivity contribution is 5.50. The minimum Gasteiger partial charge on any atom is -0.370 e. The van der Waals surface area contributed by atoms with Crippen molar-refractivity contribution in [2.45, 2.75) is 32.4 Å². The number of aromatic amines is 1. The zero-order valence-electron chi connectivity index (χ0n) is 14.2. The molecule has 124 valence electrons. The molecular formula is C17H26N6. The van der Waals surface area contributed by atoms with Crippen molar-refractivity contribution in [2.24, 2.45) is 0 Å². The minimum atomic E-state index is 0.707. The Kier molecular flexibility index (Phi) is 4.81. The third-order valence-electron chi connectivity index (χ3n) is 4.70. The van der Waals surface area contributed by atoms with Crippen LogP contribution in [0.5, 0.6) is 0 Å². The SMILES string of the molecule is Cc1[nH]ncc1CNc1ccc(N2CCC(N(C)C)CC2)cn1. The number of pyridine rings is 1. The van der Waals surface area contributed by atoms with Gasteiger partial charge in [-0.2, -0.15) is 5.10 Å². The number of hydrogen-bond acceptors (Lipinski definition) is 5. The summed E-state index contributed by atoms with van der Waals surface area (Å²) < 4.78 is 0. The fourth-order valence-corrected chi connectivity index (χ4v) is 3.06. The van der Waals surface area contributed by atoms with Gasteiger partial charge in [-0.3, -0.25) is 5.10 Å². The van der Waals surface area contributed by atoms with E-state index in [-0.39, 0.29) is 0 Å². The molecule has 1 aliphatic rings. The summed E-state index contributed by atoms with van der Waals surface area (Å²) in [6.07, 6.45) is 6.26. The van der Waals surface area contributed by atoms with Crippen LogP contribution in [0.15, 0.2) is 24.5 Å². The Balaban J connectivity index is 1.54. The average Bonchev–Trinajstić information content (AvgIpc) is 2.99. The molecule has 2 aromatic heterocycles. The summed E-state index contributed by atoms with van der Waals surface area (Å²) in [4.78, 5) is 9.30. The van der Waals surface area contributed by atoms with Crippen molar-refractivity contribution in [1.82, 2.24) is 20.1 Å². The van der Waals surface area contributed by atoms with Crippen molar-refractivity contribution in [1.29, 1.82) is 0 Å². The van der Waals surface area contributed by atoms with E-state index in [4.69, 9.17) is 0 Å². The number of aryl methyl sites for hydroxylation is 1. The molecule has 1 saturated heterocycles. The fraction of sp³-hybridized carbons (Fsp3) is 0.529. The summed E-state index contributed by atoms with van der Waals surface area (Å²) in [6, 6.07) is 4.93. The molecule has 0 atom stereocenters. The monoisotopic (exact) mass is 314 g/mol. The second-order valence-electron chi connectivity index (χ2n) is 6.46. The minimum absolute atomic E-state index is 0.707. The molecule has 0 spiro atoms. The van der Waals surface area contributed by atoms with Crippen molar-refractivity contribution in [3.63, 3.8) is 0 Å². The first-order valence-corrected chi connectivity index (χ1v) is 8.23. The molecule has 0 amide bonds. The highest BCUT2D eigenvalue weighted by Crippen LogP contribution is 2.22. The van der Waals surface area contributed by atoms with Crippen LogP contribution in [-0.4, -0.2) is 53.3 Å². The normalized spacial score (nSPS) is 16.1. The summed E-state index contributed by atoms with van der Waals surface area (Å²) in [5, 5.41) is 10.3. The first-order chi connectivity index (χ1) is 11.1. The van der Waals surface area contributed by atoms with Crippen LogP contribution >= 0.6 is 0 Å². The van der Waals surface area contributed by atoms with Gasteiger partial charge in [-0.1, -0.05) is 0 Å². The first kappa shape index (κ1) is 15.8. The van der Waals surface area contributed by atoms with Crippen LogP contribution in [0.25, 0.3) is 0 Å². The molecule has 2 aromatic rings. The van der Waals surface area contributed by atoms with Gasteiger partial charge in [0.25, 0.3) is 0 Å². The van der Waals surface area contributed by atoms with E-state index in [0.29, 0.717) is 6.04 Å². The van der Waals surface area contributed by atoms with Crippen LogP contribution in [0.2, 0.25) is 0 Å². The van der Waals surface area contributed by atoms with Crippen LogP contribution in [0.3, 0.4) is 0 Å². The second-order valence-corrected chi connectivity index (χ2v) is 6.46. The van der Waals surface area contributed by atoms with E-state index in [2.05, 4.69) is 56.5 Å². The smallest absolute Gasteiger partial charge is 0.126 e. The van der Waals surface area contributed by atoms with Gasteiger partial charge in [0.1, 0.15) is 5.82 Å². The van der Waals surface area contributed by atoms with Crippen molar-refractivity contribution in [2.75, 3.05) is 37.4 Å². The average molecular weight is 314 g/mol. The topological polar surface area (TPSA) is 60.1 Å². The Hall–Kier alpha value is -2.08. The summed E-state index contributed by atoms with van der Waals surface area (Å²) in [5.41, 5.74) is 3.48. The van der Waals surface area contributed by atoms with Crippen LogP contribution in [0.1, 0.15) is 24.1 Å². The van der Waals surface area contributed by atoms with Gasteiger partial charge < -0.3 is 15.1 Å². The Morgan fingerprint density at radius 1 is 1.26 bits per heavy atom. The predicted molar refractivity (Wildman–Crippen MR) is 93.8 cm³/mol. The van der Waals surface area contributed by atoms with Crippen LogP contribution in [0.4, 0.5) is 11.5 Å². The highest BCUT2D eigenvalue weighted by Gasteiger charge is 2.20. The lowest BCUT2D eigenvalue weighted by molar-refractivity contribution is 0.249. The molecule has 1 fully saturated rings. The van der Waals surface area contributed by atoms with Crippen molar-refractivity contribution >= 4 is 11.5 Å². The molecule has 1 aliphatic heterocycles. The third kappa shape index (κ3) is 3.82. The zero-order chi connectivity index (χ0) is 16.2. The van der Waals surface area contributed by atoms with Crippen LogP contribution in [0, 0.1) is 6.92 Å². The molecule has 23 heavy (non-hydrogen) atoms. The molecule has 0 bridgehead atoms. The number of aromatic nitrogens is 3. The number of H-pyrrole nitrogens is 1. The second kappa shape index (κ2) is 7.00. The van der Waals surface area contributed by atoms with Gasteiger partial charge in [0, 0.05) is 36.9 Å². The standard InChI is InChI=1S/C17H26N6/c1-13-14(11-20-21-13)10-18-17-5-4-16(12-19-17)23-8-6-15(7-9-23)22(2)3/h4-5,11-12,15H,6-10H2,1-3H3,(H,18,19)(H,20,21). The van der Waals surface area contributed by atoms with Gasteiger partial charge >= 0.3 is 0 Å². The zero-order valence-corrected chi connectivity index (χ0v) is 14.2. The summed E-state index contributed by atoms with van der Waals surface area (Å²) in [5.74, 6) is 0.900. The Bertz CT molecular complexity index is 610. The van der Waals surface area contributed by atoms with Crippen LogP contribution < -0.4 is 10.2 Å². The van der Waals surface area contributed by atoms with Crippen molar-refractivity contribution in [3.05, 3.63) is 35.8 Å². The van der Waals surface area contributed by atoms with E-state index < -0.39 is 0 Å². The maximum absolute atomic E-state index is 4.54. The molecule has 0 unspecified atom stereocenters. The maximum atomic E-state index is 4.54. The lowest BCUT2D eigenvalue weighted by Crippen LogP contribution is -2.42. The van der Waals surface area contributed by atoms with Crippen molar-refractivity contribution < 1.29 is 0 Å². The number of rotatable bonds is 5. The van der Waals surface area contributed by atoms with Gasteiger partial charge in [-0.25, -0.2) is 4.98 Å². The van der Waals surface area contributed by atoms with E-state index in [9.17, 15) is 0 Å². The molecule has 3 rings (SSSR count). The molecule has 6 nitrogen and oxygen atoms in total. The Morgan fingerprint density at radius 3 is 2.61 bits per heavy atom. The summed E-state index contributed by atoms with van der Waals surface area (Å²) in [6.45, 7) is 4.97. The highest BCUT2D eigenvalue weighted by atomic mass is 15.2. The molecule has 0 aliphatic carbocycles. The number of nitrogens with zero attached hydrogens (tertiary/aromatic N) is 4. The number of piperidine rings is 1. The van der Waals surface area contributed by atoms with Crippen LogP contribution in [-0.2, 0) is 6.54 Å². The number of hydrogen-bond donors (Lipinski definition) is 2. The Morgan fingerprint density at radius 2 is 2.04 bits per heavy atom. The van der Waals surface area contributed by atoms with Gasteiger partial charge in [0.05, 0.1) is 18.1 Å². The molecule has 0 aromatic carbocycles. The largest absolute Gasteiger partial charge is 0.370 e. The molecule has 3 heterocycles. The predicted octanol–water partition coefficient (Wildman–Crippen LogP) is 2.26. The fourth-order valence-electron chi connectivity index (χ4n) is 3.06. The lowest BCUT2D eigenvalue weighted by atomic mass is 10.0. The van der Waals surface area contributed by atoms with E-state index >= 15 is 0 Å². The Labute approximate surface area is 137 Å². The summed E-state index contributed by atoms with van der Waals surface area (Å²) in [7, 11) is 4.34. The number of nitrogens with one attached hydrogen (secondary N) is 2. The first-order valence-electron chi connectivity index (χ1n) is 8.23. The van der Waals surface area contributed by atoms with Crippen molar-refractivity contribution in [3.8, 4) is 0 Å². The summed E-state index contributed by atoms with van der Waals surface area (Å²) >= 11 is 0. The molecule has 2 N–H and O–H groups in total. The molecular weight excluding hydrogens is 288 g/mol. The quantitative estimate of drug-likeness (QED) is 0.886. The van der Waals surface area contributed by atoms with E-state index in [1.807, 2.05) is 19.3 Å². The van der Waals surface area contributed by atoms with E-state index in [1.54, 1.807) is 0 Å². The van der Waals surface area contributed by atoms with Gasteiger partial charge in [-0.15, -0.1) is 0 Å². The van der Waals surface area contributed by atoms with Gasteiger partial charge in [-0.05, 0) is 46.0 Å².